The maximum absolute atomic E-state index is 5.69. The van der Waals surface area contributed by atoms with E-state index in [0.29, 0.717) is 24.5 Å². The van der Waals surface area contributed by atoms with Crippen LogP contribution in [0.2, 0.25) is 0 Å². The molecule has 3 rings (SSSR count). The van der Waals surface area contributed by atoms with Crippen molar-refractivity contribution >= 4 is 17.8 Å². The van der Waals surface area contributed by atoms with Crippen molar-refractivity contribution in [2.75, 3.05) is 29.5 Å². The van der Waals surface area contributed by atoms with Gasteiger partial charge in [0.2, 0.25) is 5.89 Å². The normalized spacial score (nSPS) is 21.5. The number of anilines is 1. The maximum atomic E-state index is 5.69. The summed E-state index contributed by atoms with van der Waals surface area (Å²) in [5, 5.41) is 11.6. The van der Waals surface area contributed by atoms with E-state index < -0.39 is 0 Å². The lowest BCUT2D eigenvalue weighted by Gasteiger charge is -2.15. The Morgan fingerprint density at radius 1 is 1.29 bits per heavy atom. The molecule has 0 aromatic carbocycles. The number of hydrogen-bond acceptors (Lipinski definition) is 6. The zero-order chi connectivity index (χ0) is 11.5. The van der Waals surface area contributed by atoms with E-state index in [-0.39, 0.29) is 0 Å². The third-order valence-electron chi connectivity index (χ3n) is 3.07. The maximum Gasteiger partial charge on any atom is 0.318 e. The summed E-state index contributed by atoms with van der Waals surface area (Å²) in [6, 6.07) is 1.38. The summed E-state index contributed by atoms with van der Waals surface area (Å²) >= 11 is 2.00. The molecule has 1 aliphatic heterocycles. The Bertz CT molecular complexity index is 358. The largest absolute Gasteiger partial charge is 0.407 e. The van der Waals surface area contributed by atoms with Crippen LogP contribution < -0.4 is 10.2 Å². The van der Waals surface area contributed by atoms with E-state index in [1.165, 1.54) is 25.0 Å². The third-order valence-corrected chi connectivity index (χ3v) is 4.12. The Hall–Kier alpha value is -0.750. The topological polar surface area (TPSA) is 54.2 Å². The van der Waals surface area contributed by atoms with Gasteiger partial charge in [-0.1, -0.05) is 5.10 Å². The molecule has 0 unspecified atom stereocenters. The van der Waals surface area contributed by atoms with Gasteiger partial charge in [0.05, 0.1) is 6.54 Å². The summed E-state index contributed by atoms with van der Waals surface area (Å²) in [6.07, 6.45) is 3.76. The monoisotopic (exact) mass is 254 g/mol. The average Bonchev–Trinajstić information content (AvgIpc) is 3.12. The molecule has 0 amide bonds. The minimum atomic E-state index is 0.680. The molecule has 17 heavy (non-hydrogen) atoms. The van der Waals surface area contributed by atoms with Gasteiger partial charge < -0.3 is 14.6 Å². The number of nitrogens with one attached hydrogen (secondary N) is 1. The first-order chi connectivity index (χ1) is 8.42. The molecule has 1 aromatic rings. The zero-order valence-corrected chi connectivity index (χ0v) is 10.7. The van der Waals surface area contributed by atoms with Crippen LogP contribution >= 0.6 is 11.8 Å². The van der Waals surface area contributed by atoms with Crippen LogP contribution in [0.1, 0.15) is 25.2 Å². The molecule has 0 atom stereocenters. The summed E-state index contributed by atoms with van der Waals surface area (Å²) in [7, 11) is 0. The molecular weight excluding hydrogens is 236 g/mol. The van der Waals surface area contributed by atoms with E-state index in [1.807, 2.05) is 11.8 Å². The number of nitrogens with zero attached hydrogens (tertiary/aromatic N) is 3. The van der Waals surface area contributed by atoms with Crippen LogP contribution in [-0.4, -0.2) is 40.8 Å². The van der Waals surface area contributed by atoms with Crippen molar-refractivity contribution < 1.29 is 4.42 Å². The minimum absolute atomic E-state index is 0.680. The van der Waals surface area contributed by atoms with E-state index in [9.17, 15) is 0 Å². The molecule has 2 heterocycles. The molecule has 0 spiro atoms. The predicted molar refractivity (Wildman–Crippen MR) is 68.3 cm³/mol. The van der Waals surface area contributed by atoms with Gasteiger partial charge in [-0.05, 0) is 25.0 Å². The summed E-state index contributed by atoms with van der Waals surface area (Å²) in [5.41, 5.74) is 0. The Labute approximate surface area is 105 Å². The second-order valence-corrected chi connectivity index (χ2v) is 5.81. The fourth-order valence-electron chi connectivity index (χ4n) is 1.90. The number of aromatic nitrogens is 2. The molecule has 2 fully saturated rings. The molecule has 1 N–H and O–H groups in total. The molecule has 5 nitrogen and oxygen atoms in total. The van der Waals surface area contributed by atoms with Crippen molar-refractivity contribution in [3.63, 3.8) is 0 Å². The van der Waals surface area contributed by atoms with Crippen LogP contribution in [0, 0.1) is 0 Å². The first-order valence-electron chi connectivity index (χ1n) is 6.30. The smallest absolute Gasteiger partial charge is 0.318 e. The Morgan fingerprint density at radius 2 is 2.24 bits per heavy atom. The highest BCUT2D eigenvalue weighted by atomic mass is 32.2. The Kier molecular flexibility index (Phi) is 3.51. The van der Waals surface area contributed by atoms with Gasteiger partial charge in [0, 0.05) is 24.9 Å². The molecular formula is C11H18N4OS. The van der Waals surface area contributed by atoms with E-state index in [0.717, 1.165) is 18.8 Å². The molecule has 1 aliphatic carbocycles. The second kappa shape index (κ2) is 5.27. The fraction of sp³-hybridized carbons (Fsp3) is 0.818. The zero-order valence-electron chi connectivity index (χ0n) is 9.89. The van der Waals surface area contributed by atoms with Gasteiger partial charge in [-0.3, -0.25) is 0 Å². The van der Waals surface area contributed by atoms with Gasteiger partial charge in [0.15, 0.2) is 0 Å². The average molecular weight is 254 g/mol. The van der Waals surface area contributed by atoms with E-state index in [4.69, 9.17) is 4.42 Å². The van der Waals surface area contributed by atoms with Crippen molar-refractivity contribution in [2.24, 2.45) is 0 Å². The van der Waals surface area contributed by atoms with Crippen LogP contribution in [-0.2, 0) is 6.54 Å². The highest BCUT2D eigenvalue weighted by molar-refractivity contribution is 7.99. The molecule has 1 saturated heterocycles. The summed E-state index contributed by atoms with van der Waals surface area (Å²) < 4.78 is 5.69. The van der Waals surface area contributed by atoms with E-state index >= 15 is 0 Å². The first kappa shape index (κ1) is 11.3. The van der Waals surface area contributed by atoms with E-state index in [2.05, 4.69) is 20.4 Å². The van der Waals surface area contributed by atoms with Crippen molar-refractivity contribution in [2.45, 2.75) is 31.8 Å². The Balaban J connectivity index is 1.57. The van der Waals surface area contributed by atoms with Crippen LogP contribution in [0.25, 0.3) is 0 Å². The van der Waals surface area contributed by atoms with Gasteiger partial charge in [0.1, 0.15) is 0 Å². The van der Waals surface area contributed by atoms with Gasteiger partial charge in [0.25, 0.3) is 0 Å². The fourth-order valence-corrected chi connectivity index (χ4v) is 2.79. The lowest BCUT2D eigenvalue weighted by atomic mass is 10.4. The minimum Gasteiger partial charge on any atom is -0.407 e. The first-order valence-corrected chi connectivity index (χ1v) is 7.46. The number of hydrogen-bond donors (Lipinski definition) is 1. The number of thioether (sulfide) groups is 1. The molecule has 0 bridgehead atoms. The van der Waals surface area contributed by atoms with Crippen LogP contribution in [0.15, 0.2) is 4.42 Å². The SMILES string of the molecule is C1CSCCN(c2nnc(CNC3CC3)o2)C1. The summed E-state index contributed by atoms with van der Waals surface area (Å²) in [4.78, 5) is 2.20. The quantitative estimate of drug-likeness (QED) is 0.873. The molecule has 2 aliphatic rings. The standard InChI is InChI=1S/C11H18N4OS/c1-4-15(5-7-17-6-1)11-14-13-10(16-11)8-12-9-2-3-9/h9,12H,1-8H2. The lowest BCUT2D eigenvalue weighted by Crippen LogP contribution is -2.25. The Morgan fingerprint density at radius 3 is 3.12 bits per heavy atom. The third kappa shape index (κ3) is 3.13. The molecule has 1 aromatic heterocycles. The lowest BCUT2D eigenvalue weighted by molar-refractivity contribution is 0.461. The highest BCUT2D eigenvalue weighted by Gasteiger charge is 2.22. The van der Waals surface area contributed by atoms with Crippen LogP contribution in [0.4, 0.5) is 6.01 Å². The van der Waals surface area contributed by atoms with Crippen molar-refractivity contribution in [3.8, 4) is 0 Å². The molecule has 0 radical (unpaired) electrons. The van der Waals surface area contributed by atoms with Crippen molar-refractivity contribution in [1.82, 2.24) is 15.5 Å². The van der Waals surface area contributed by atoms with Crippen LogP contribution in [0.3, 0.4) is 0 Å². The van der Waals surface area contributed by atoms with E-state index in [1.54, 1.807) is 0 Å². The van der Waals surface area contributed by atoms with Gasteiger partial charge >= 0.3 is 6.01 Å². The molecule has 94 valence electrons. The van der Waals surface area contributed by atoms with Gasteiger partial charge in [-0.15, -0.1) is 5.10 Å². The second-order valence-electron chi connectivity index (χ2n) is 4.59. The highest BCUT2D eigenvalue weighted by Crippen LogP contribution is 2.20. The molecule has 6 heteroatoms. The number of rotatable bonds is 4. The van der Waals surface area contributed by atoms with Gasteiger partial charge in [-0.2, -0.15) is 11.8 Å². The predicted octanol–water partition coefficient (Wildman–Crippen LogP) is 1.26. The van der Waals surface area contributed by atoms with Crippen LogP contribution in [0.5, 0.6) is 0 Å². The summed E-state index contributed by atoms with van der Waals surface area (Å²) in [5.74, 6) is 3.10. The summed E-state index contributed by atoms with van der Waals surface area (Å²) in [6.45, 7) is 2.76. The molecule has 1 saturated carbocycles. The van der Waals surface area contributed by atoms with Gasteiger partial charge in [-0.25, -0.2) is 0 Å². The van der Waals surface area contributed by atoms with Crippen molar-refractivity contribution in [3.05, 3.63) is 5.89 Å². The van der Waals surface area contributed by atoms with Crippen molar-refractivity contribution in [1.29, 1.82) is 0 Å².